The monoisotopic (exact) mass is 270 g/mol. The molecule has 0 fully saturated rings. The number of hydrogen-bond acceptors (Lipinski definition) is 3. The summed E-state index contributed by atoms with van der Waals surface area (Å²) < 4.78 is 0. The summed E-state index contributed by atoms with van der Waals surface area (Å²) in [4.78, 5) is 23.0. The van der Waals surface area contributed by atoms with Crippen LogP contribution in [0.2, 0.25) is 5.02 Å². The van der Waals surface area contributed by atoms with Crippen molar-refractivity contribution in [3.63, 3.8) is 0 Å². The minimum Gasteiger partial charge on any atom is -0.478 e. The molecule has 0 aliphatic heterocycles. The third kappa shape index (κ3) is 3.00. The van der Waals surface area contributed by atoms with Crippen LogP contribution in [0, 0.1) is 5.41 Å². The molecule has 0 spiro atoms. The lowest BCUT2D eigenvalue weighted by Crippen LogP contribution is -2.37. The van der Waals surface area contributed by atoms with Crippen molar-refractivity contribution < 1.29 is 14.7 Å². The number of anilines is 1. The molecule has 0 radical (unpaired) electrons. The van der Waals surface area contributed by atoms with E-state index in [4.69, 9.17) is 22.4 Å². The second-order valence-electron chi connectivity index (χ2n) is 4.51. The Morgan fingerprint density at radius 2 is 2.06 bits per heavy atom. The molecule has 0 heterocycles. The number of amides is 1. The van der Waals surface area contributed by atoms with Crippen LogP contribution in [0.1, 0.15) is 24.2 Å². The van der Waals surface area contributed by atoms with Gasteiger partial charge in [-0.3, -0.25) is 4.79 Å². The number of carboxylic acids is 1. The summed E-state index contributed by atoms with van der Waals surface area (Å²) in [5.74, 6) is -1.55. The number of rotatable bonds is 4. The van der Waals surface area contributed by atoms with Crippen LogP contribution < -0.4 is 11.1 Å². The summed E-state index contributed by atoms with van der Waals surface area (Å²) in [5.41, 5.74) is 4.75. The van der Waals surface area contributed by atoms with E-state index in [2.05, 4.69) is 5.32 Å². The Morgan fingerprint density at radius 3 is 2.56 bits per heavy atom. The smallest absolute Gasteiger partial charge is 0.339 e. The number of aromatic carboxylic acids is 1. The second-order valence-corrected chi connectivity index (χ2v) is 4.92. The lowest BCUT2D eigenvalue weighted by molar-refractivity contribution is -0.123. The normalized spacial score (nSPS) is 11.1. The van der Waals surface area contributed by atoms with Crippen molar-refractivity contribution >= 4 is 29.2 Å². The third-order valence-corrected chi connectivity index (χ3v) is 2.92. The number of nitrogens with one attached hydrogen (secondary N) is 1. The SMILES string of the molecule is CC(C)(CN)C(=O)Nc1cccc(Cl)c1C(=O)O. The highest BCUT2D eigenvalue weighted by Gasteiger charge is 2.27. The molecule has 0 saturated carbocycles. The molecule has 0 bridgehead atoms. The minimum absolute atomic E-state index is 0.0749. The quantitative estimate of drug-likeness (QED) is 0.780. The fourth-order valence-electron chi connectivity index (χ4n) is 1.23. The van der Waals surface area contributed by atoms with Gasteiger partial charge in [0.2, 0.25) is 5.91 Å². The second kappa shape index (κ2) is 5.37. The maximum atomic E-state index is 11.9. The van der Waals surface area contributed by atoms with Crippen molar-refractivity contribution in [2.45, 2.75) is 13.8 Å². The van der Waals surface area contributed by atoms with Gasteiger partial charge in [-0.05, 0) is 26.0 Å². The Bertz CT molecular complexity index is 486. The van der Waals surface area contributed by atoms with E-state index < -0.39 is 11.4 Å². The molecule has 4 N–H and O–H groups in total. The molecular formula is C12H15ClN2O3. The van der Waals surface area contributed by atoms with E-state index >= 15 is 0 Å². The van der Waals surface area contributed by atoms with Gasteiger partial charge in [0.25, 0.3) is 0 Å². The molecule has 0 aliphatic rings. The number of carboxylic acid groups (broad SMARTS) is 1. The topological polar surface area (TPSA) is 92.4 Å². The first-order chi connectivity index (χ1) is 8.29. The zero-order valence-electron chi connectivity index (χ0n) is 10.2. The van der Waals surface area contributed by atoms with Crippen molar-refractivity contribution in [1.29, 1.82) is 0 Å². The van der Waals surface area contributed by atoms with Gasteiger partial charge >= 0.3 is 5.97 Å². The zero-order valence-corrected chi connectivity index (χ0v) is 10.9. The van der Waals surface area contributed by atoms with Gasteiger partial charge in [-0.1, -0.05) is 17.7 Å². The Kier molecular flexibility index (Phi) is 4.32. The van der Waals surface area contributed by atoms with Crippen molar-refractivity contribution in [2.24, 2.45) is 11.1 Å². The average molecular weight is 271 g/mol. The van der Waals surface area contributed by atoms with E-state index in [9.17, 15) is 9.59 Å². The van der Waals surface area contributed by atoms with E-state index in [1.54, 1.807) is 19.9 Å². The Balaban J connectivity index is 3.09. The van der Waals surface area contributed by atoms with Crippen LogP contribution in [0.15, 0.2) is 18.2 Å². The number of hydrogen-bond donors (Lipinski definition) is 3. The summed E-state index contributed by atoms with van der Waals surface area (Å²) in [7, 11) is 0. The average Bonchev–Trinajstić information content (AvgIpc) is 2.28. The molecule has 0 aliphatic carbocycles. The Labute approximate surface area is 110 Å². The molecule has 0 unspecified atom stereocenters. The number of nitrogens with two attached hydrogens (primary N) is 1. The summed E-state index contributed by atoms with van der Waals surface area (Å²) in [6, 6.07) is 4.51. The molecule has 98 valence electrons. The molecule has 0 atom stereocenters. The predicted molar refractivity (Wildman–Crippen MR) is 69.9 cm³/mol. The predicted octanol–water partition coefficient (Wildman–Crippen LogP) is 1.96. The summed E-state index contributed by atoms with van der Waals surface area (Å²) >= 11 is 5.80. The minimum atomic E-state index is -1.19. The molecule has 0 saturated heterocycles. The summed E-state index contributed by atoms with van der Waals surface area (Å²) in [5, 5.41) is 11.7. The number of benzene rings is 1. The first kappa shape index (κ1) is 14.5. The first-order valence-corrected chi connectivity index (χ1v) is 5.70. The van der Waals surface area contributed by atoms with E-state index in [1.165, 1.54) is 12.1 Å². The van der Waals surface area contributed by atoms with E-state index in [1.807, 2.05) is 0 Å². The first-order valence-electron chi connectivity index (χ1n) is 5.33. The lowest BCUT2D eigenvalue weighted by Gasteiger charge is -2.22. The van der Waals surface area contributed by atoms with Crippen LogP contribution in [-0.2, 0) is 4.79 Å². The van der Waals surface area contributed by atoms with Crippen LogP contribution in [0.4, 0.5) is 5.69 Å². The lowest BCUT2D eigenvalue weighted by atomic mass is 9.92. The Hall–Kier alpha value is -1.59. The van der Waals surface area contributed by atoms with Crippen LogP contribution in [0.25, 0.3) is 0 Å². The van der Waals surface area contributed by atoms with Crippen LogP contribution in [0.3, 0.4) is 0 Å². The largest absolute Gasteiger partial charge is 0.478 e. The fraction of sp³-hybridized carbons (Fsp3) is 0.333. The van der Waals surface area contributed by atoms with Gasteiger partial charge in [0, 0.05) is 6.54 Å². The third-order valence-electron chi connectivity index (χ3n) is 2.60. The van der Waals surface area contributed by atoms with Crippen molar-refractivity contribution in [3.05, 3.63) is 28.8 Å². The van der Waals surface area contributed by atoms with Gasteiger partial charge in [0.1, 0.15) is 5.56 Å². The summed E-state index contributed by atoms with van der Waals surface area (Å²) in [6.45, 7) is 3.50. The van der Waals surface area contributed by atoms with Crippen LogP contribution in [-0.4, -0.2) is 23.5 Å². The summed E-state index contributed by atoms with van der Waals surface area (Å²) in [6.07, 6.45) is 0. The molecule has 6 heteroatoms. The molecule has 1 rings (SSSR count). The highest BCUT2D eigenvalue weighted by molar-refractivity contribution is 6.34. The highest BCUT2D eigenvalue weighted by Crippen LogP contribution is 2.26. The van der Waals surface area contributed by atoms with Gasteiger partial charge in [-0.25, -0.2) is 4.79 Å². The zero-order chi connectivity index (χ0) is 13.9. The highest BCUT2D eigenvalue weighted by atomic mass is 35.5. The van der Waals surface area contributed by atoms with Gasteiger partial charge in [-0.2, -0.15) is 0 Å². The molecule has 0 aromatic heterocycles. The maximum Gasteiger partial charge on any atom is 0.339 e. The fourth-order valence-corrected chi connectivity index (χ4v) is 1.49. The molecule has 1 amide bonds. The molecular weight excluding hydrogens is 256 g/mol. The van der Waals surface area contributed by atoms with E-state index in [0.717, 1.165) is 0 Å². The molecule has 5 nitrogen and oxygen atoms in total. The van der Waals surface area contributed by atoms with Crippen LogP contribution >= 0.6 is 11.6 Å². The van der Waals surface area contributed by atoms with Crippen LogP contribution in [0.5, 0.6) is 0 Å². The standard InChI is InChI=1S/C12H15ClN2O3/c1-12(2,6-14)11(18)15-8-5-3-4-7(13)9(8)10(16)17/h3-5H,6,14H2,1-2H3,(H,15,18)(H,16,17). The number of halogens is 1. The van der Waals surface area contributed by atoms with Gasteiger partial charge in [-0.15, -0.1) is 0 Å². The van der Waals surface area contributed by atoms with Gasteiger partial charge < -0.3 is 16.2 Å². The van der Waals surface area contributed by atoms with Crippen molar-refractivity contribution in [1.82, 2.24) is 0 Å². The Morgan fingerprint density at radius 1 is 1.44 bits per heavy atom. The number of carbonyl (C=O) groups excluding carboxylic acids is 1. The van der Waals surface area contributed by atoms with Gasteiger partial charge in [0.15, 0.2) is 0 Å². The maximum absolute atomic E-state index is 11.9. The van der Waals surface area contributed by atoms with Gasteiger partial charge in [0.05, 0.1) is 16.1 Å². The van der Waals surface area contributed by atoms with Crippen molar-refractivity contribution in [3.8, 4) is 0 Å². The van der Waals surface area contributed by atoms with E-state index in [-0.39, 0.29) is 28.7 Å². The molecule has 1 aromatic rings. The molecule has 18 heavy (non-hydrogen) atoms. The van der Waals surface area contributed by atoms with E-state index in [0.29, 0.717) is 0 Å². The number of carbonyl (C=O) groups is 2. The molecule has 1 aromatic carbocycles. The van der Waals surface area contributed by atoms with Crippen molar-refractivity contribution in [2.75, 3.05) is 11.9 Å².